The molecule has 2 N–H and O–H groups in total. The molecular weight excluding hydrogens is 450 g/mol. The number of urea groups is 1. The van der Waals surface area contributed by atoms with Gasteiger partial charge in [0.25, 0.3) is 5.91 Å². The van der Waals surface area contributed by atoms with Crippen LogP contribution in [0.4, 0.5) is 4.79 Å². The lowest BCUT2D eigenvalue weighted by atomic mass is 9.84. The standard InChI is InChI=1S/C30H31N3O3/c34-27(31-20-18-25(22-11-3-1-4-12-22)23-13-5-2-6-14-23)21-33-28(35)30(32-29(33)36)19-10-9-16-24-15-7-8-17-26(24)30/h1-8,11-15,17,25H,9-10,16,18-21H2,(H,31,34)(H,32,36). The Hall–Kier alpha value is -3.93. The van der Waals surface area contributed by atoms with Crippen LogP contribution in [0.2, 0.25) is 0 Å². The molecule has 1 aliphatic heterocycles. The minimum Gasteiger partial charge on any atom is -0.355 e. The molecule has 36 heavy (non-hydrogen) atoms. The molecule has 2 aliphatic rings. The summed E-state index contributed by atoms with van der Waals surface area (Å²) in [7, 11) is 0. The van der Waals surface area contributed by atoms with Gasteiger partial charge in [0.1, 0.15) is 12.1 Å². The largest absolute Gasteiger partial charge is 0.355 e. The molecule has 1 spiro atoms. The first-order chi connectivity index (χ1) is 17.6. The molecule has 1 heterocycles. The number of amides is 4. The van der Waals surface area contributed by atoms with Gasteiger partial charge in [-0.15, -0.1) is 0 Å². The van der Waals surface area contributed by atoms with Crippen LogP contribution >= 0.6 is 0 Å². The molecule has 3 aromatic carbocycles. The van der Waals surface area contributed by atoms with Crippen molar-refractivity contribution in [2.45, 2.75) is 43.6 Å². The average Bonchev–Trinajstić information content (AvgIpc) is 3.04. The molecule has 0 saturated carbocycles. The summed E-state index contributed by atoms with van der Waals surface area (Å²) < 4.78 is 0. The third-order valence-electron chi connectivity index (χ3n) is 7.36. The molecule has 0 bridgehead atoms. The number of aryl methyl sites for hydroxylation is 1. The molecule has 6 nitrogen and oxygen atoms in total. The zero-order valence-corrected chi connectivity index (χ0v) is 20.3. The summed E-state index contributed by atoms with van der Waals surface area (Å²) in [4.78, 5) is 40.4. The molecule has 1 atom stereocenters. The fraction of sp³-hybridized carbons (Fsp3) is 0.300. The van der Waals surface area contributed by atoms with Crippen molar-refractivity contribution in [1.82, 2.24) is 15.5 Å². The first-order valence-electron chi connectivity index (χ1n) is 12.7. The molecule has 1 saturated heterocycles. The van der Waals surface area contributed by atoms with Crippen LogP contribution in [0, 0.1) is 0 Å². The van der Waals surface area contributed by atoms with E-state index in [0.29, 0.717) is 19.4 Å². The van der Waals surface area contributed by atoms with E-state index < -0.39 is 11.6 Å². The minimum atomic E-state index is -1.07. The van der Waals surface area contributed by atoms with Gasteiger partial charge in [-0.25, -0.2) is 4.79 Å². The quantitative estimate of drug-likeness (QED) is 0.488. The molecule has 5 rings (SSSR count). The Kier molecular flexibility index (Phi) is 6.85. The normalized spacial score (nSPS) is 19.2. The smallest absolute Gasteiger partial charge is 0.325 e. The van der Waals surface area contributed by atoms with Gasteiger partial charge in [-0.05, 0) is 54.4 Å². The zero-order chi connectivity index (χ0) is 25.0. The fourth-order valence-corrected chi connectivity index (χ4v) is 5.57. The summed E-state index contributed by atoms with van der Waals surface area (Å²) in [6, 6.07) is 27.7. The number of hydrogen-bond donors (Lipinski definition) is 2. The second-order valence-corrected chi connectivity index (χ2v) is 9.60. The van der Waals surface area contributed by atoms with Crippen LogP contribution < -0.4 is 10.6 Å². The zero-order valence-electron chi connectivity index (χ0n) is 20.3. The predicted octanol–water partition coefficient (Wildman–Crippen LogP) is 4.50. The van der Waals surface area contributed by atoms with Crippen molar-refractivity contribution in [2.24, 2.45) is 0 Å². The number of carbonyl (C=O) groups excluding carboxylic acids is 3. The molecular formula is C30H31N3O3. The molecule has 1 unspecified atom stereocenters. The van der Waals surface area contributed by atoms with Crippen molar-refractivity contribution >= 4 is 17.8 Å². The highest BCUT2D eigenvalue weighted by Gasteiger charge is 2.53. The van der Waals surface area contributed by atoms with Gasteiger partial charge < -0.3 is 10.6 Å². The number of fused-ring (bicyclic) bond motifs is 2. The molecule has 184 valence electrons. The maximum Gasteiger partial charge on any atom is 0.325 e. The lowest BCUT2D eigenvalue weighted by Gasteiger charge is -2.27. The second-order valence-electron chi connectivity index (χ2n) is 9.60. The number of nitrogens with one attached hydrogen (secondary N) is 2. The maximum absolute atomic E-state index is 13.6. The number of carbonyl (C=O) groups is 3. The Bertz CT molecular complexity index is 1210. The third kappa shape index (κ3) is 4.63. The molecule has 1 aliphatic carbocycles. The summed E-state index contributed by atoms with van der Waals surface area (Å²) in [5.41, 5.74) is 3.23. The van der Waals surface area contributed by atoms with Gasteiger partial charge in [0, 0.05) is 12.5 Å². The number of rotatable bonds is 7. The second kappa shape index (κ2) is 10.4. The molecule has 6 heteroatoms. The van der Waals surface area contributed by atoms with Crippen LogP contribution in [0.5, 0.6) is 0 Å². The summed E-state index contributed by atoms with van der Waals surface area (Å²) in [6.07, 6.45) is 3.93. The maximum atomic E-state index is 13.6. The Morgan fingerprint density at radius 2 is 1.53 bits per heavy atom. The van der Waals surface area contributed by atoms with E-state index in [4.69, 9.17) is 0 Å². The van der Waals surface area contributed by atoms with E-state index in [1.807, 2.05) is 60.7 Å². The van der Waals surface area contributed by atoms with Crippen LogP contribution in [0.1, 0.15) is 53.9 Å². The summed E-state index contributed by atoms with van der Waals surface area (Å²) in [5.74, 6) is -0.532. The summed E-state index contributed by atoms with van der Waals surface area (Å²) >= 11 is 0. The topological polar surface area (TPSA) is 78.5 Å². The first-order valence-corrected chi connectivity index (χ1v) is 12.7. The Morgan fingerprint density at radius 1 is 0.889 bits per heavy atom. The van der Waals surface area contributed by atoms with Crippen LogP contribution in [0.15, 0.2) is 84.9 Å². The van der Waals surface area contributed by atoms with Crippen molar-refractivity contribution in [3.8, 4) is 0 Å². The van der Waals surface area contributed by atoms with Crippen LogP contribution in [0.3, 0.4) is 0 Å². The number of nitrogens with zero attached hydrogens (tertiary/aromatic N) is 1. The van der Waals surface area contributed by atoms with Crippen molar-refractivity contribution in [3.63, 3.8) is 0 Å². The average molecular weight is 482 g/mol. The number of hydrogen-bond acceptors (Lipinski definition) is 3. The summed E-state index contributed by atoms with van der Waals surface area (Å²) in [6.45, 7) is 0.154. The van der Waals surface area contributed by atoms with Crippen molar-refractivity contribution in [2.75, 3.05) is 13.1 Å². The van der Waals surface area contributed by atoms with E-state index in [9.17, 15) is 14.4 Å². The van der Waals surface area contributed by atoms with Crippen LogP contribution in [-0.2, 0) is 21.5 Å². The Balaban J connectivity index is 1.25. The molecule has 3 aromatic rings. The highest BCUT2D eigenvalue weighted by atomic mass is 16.2. The van der Waals surface area contributed by atoms with Gasteiger partial charge in [0.05, 0.1) is 0 Å². The van der Waals surface area contributed by atoms with E-state index in [2.05, 4.69) is 34.9 Å². The lowest BCUT2D eigenvalue weighted by Crippen LogP contribution is -2.45. The Labute approximate surface area is 211 Å². The lowest BCUT2D eigenvalue weighted by molar-refractivity contribution is -0.135. The van der Waals surface area contributed by atoms with Gasteiger partial charge >= 0.3 is 6.03 Å². The highest BCUT2D eigenvalue weighted by Crippen LogP contribution is 2.39. The van der Waals surface area contributed by atoms with Gasteiger partial charge in [0.15, 0.2) is 0 Å². The number of imide groups is 1. The highest BCUT2D eigenvalue weighted by molar-refractivity contribution is 6.09. The van der Waals surface area contributed by atoms with Gasteiger partial charge in [0.2, 0.25) is 5.91 Å². The fourth-order valence-electron chi connectivity index (χ4n) is 5.57. The Morgan fingerprint density at radius 3 is 2.22 bits per heavy atom. The van der Waals surface area contributed by atoms with Crippen molar-refractivity contribution < 1.29 is 14.4 Å². The minimum absolute atomic E-state index is 0.134. The monoisotopic (exact) mass is 481 g/mol. The van der Waals surface area contributed by atoms with E-state index in [1.165, 1.54) is 11.1 Å². The van der Waals surface area contributed by atoms with Gasteiger partial charge in [-0.3, -0.25) is 14.5 Å². The molecule has 1 fully saturated rings. The summed E-state index contributed by atoms with van der Waals surface area (Å²) in [5, 5.41) is 5.88. The van der Waals surface area contributed by atoms with Crippen LogP contribution in [-0.4, -0.2) is 35.8 Å². The van der Waals surface area contributed by atoms with E-state index in [1.54, 1.807) is 0 Å². The predicted molar refractivity (Wildman–Crippen MR) is 138 cm³/mol. The van der Waals surface area contributed by atoms with Crippen molar-refractivity contribution in [3.05, 3.63) is 107 Å². The van der Waals surface area contributed by atoms with E-state index >= 15 is 0 Å². The van der Waals surface area contributed by atoms with E-state index in [-0.39, 0.29) is 24.3 Å². The van der Waals surface area contributed by atoms with Gasteiger partial charge in [-0.1, -0.05) is 84.9 Å². The number of benzene rings is 3. The molecule has 4 amide bonds. The van der Waals surface area contributed by atoms with Crippen molar-refractivity contribution in [1.29, 1.82) is 0 Å². The molecule has 0 aromatic heterocycles. The third-order valence-corrected chi connectivity index (χ3v) is 7.36. The van der Waals surface area contributed by atoms with Crippen LogP contribution in [0.25, 0.3) is 0 Å². The van der Waals surface area contributed by atoms with Gasteiger partial charge in [-0.2, -0.15) is 0 Å². The molecule has 0 radical (unpaired) electrons. The van der Waals surface area contributed by atoms with E-state index in [0.717, 1.165) is 35.3 Å². The SMILES string of the molecule is O=C(CN1C(=O)NC2(CCCCc3ccccc32)C1=O)NCCC(c1ccccc1)c1ccccc1. The first kappa shape index (κ1) is 23.8.